The molecule has 2 nitrogen and oxygen atoms in total. The normalized spacial score (nSPS) is 22.2. The van der Waals surface area contributed by atoms with Gasteiger partial charge in [-0.1, -0.05) is 12.5 Å². The molecule has 1 heterocycles. The molecule has 1 N–H and O–H groups in total. The van der Waals surface area contributed by atoms with Crippen LogP contribution < -0.4 is 5.32 Å². The van der Waals surface area contributed by atoms with Crippen LogP contribution in [-0.2, 0) is 0 Å². The lowest BCUT2D eigenvalue weighted by Gasteiger charge is -2.36. The molecule has 100 valence electrons. The van der Waals surface area contributed by atoms with Gasteiger partial charge in [0.1, 0.15) is 0 Å². The monoisotopic (exact) mass is 254 g/mol. The summed E-state index contributed by atoms with van der Waals surface area (Å²) < 4.78 is 26.4. The molecule has 0 aromatic heterocycles. The van der Waals surface area contributed by atoms with E-state index < -0.39 is 11.6 Å². The van der Waals surface area contributed by atoms with Crippen LogP contribution in [0.4, 0.5) is 8.78 Å². The van der Waals surface area contributed by atoms with E-state index in [1.165, 1.54) is 25.0 Å². The summed E-state index contributed by atoms with van der Waals surface area (Å²) in [5.74, 6) is -1.55. The van der Waals surface area contributed by atoms with Gasteiger partial charge in [-0.3, -0.25) is 0 Å². The smallest absolute Gasteiger partial charge is 0.159 e. The summed E-state index contributed by atoms with van der Waals surface area (Å²) in [6, 6.07) is 4.60. The van der Waals surface area contributed by atoms with Crippen molar-refractivity contribution >= 4 is 0 Å². The van der Waals surface area contributed by atoms with Crippen LogP contribution in [0.25, 0.3) is 0 Å². The number of likely N-dealkylation sites (N-methyl/N-ethyl adjacent to an activating group) is 1. The first kappa shape index (κ1) is 13.4. The fourth-order valence-electron chi connectivity index (χ4n) is 2.73. The minimum Gasteiger partial charge on any atom is -0.312 e. The van der Waals surface area contributed by atoms with Gasteiger partial charge in [0.2, 0.25) is 0 Å². The highest BCUT2D eigenvalue weighted by molar-refractivity contribution is 5.23. The summed E-state index contributed by atoms with van der Waals surface area (Å²) in [5.41, 5.74) is 0.832. The van der Waals surface area contributed by atoms with Crippen LogP contribution in [0.1, 0.15) is 30.9 Å². The number of rotatable bonds is 3. The largest absolute Gasteiger partial charge is 0.312 e. The van der Waals surface area contributed by atoms with Gasteiger partial charge in [0.15, 0.2) is 11.6 Å². The van der Waals surface area contributed by atoms with Crippen molar-refractivity contribution < 1.29 is 8.78 Å². The van der Waals surface area contributed by atoms with Gasteiger partial charge in [-0.05, 0) is 51.2 Å². The molecule has 1 aromatic rings. The molecule has 2 unspecified atom stereocenters. The fraction of sp³-hybridized carbons (Fsp3) is 0.571. The zero-order valence-corrected chi connectivity index (χ0v) is 10.9. The van der Waals surface area contributed by atoms with Crippen molar-refractivity contribution in [3.8, 4) is 0 Å². The van der Waals surface area contributed by atoms with Crippen molar-refractivity contribution in [2.45, 2.75) is 31.3 Å². The molecule has 1 aliphatic rings. The van der Waals surface area contributed by atoms with Gasteiger partial charge >= 0.3 is 0 Å². The third-order valence-corrected chi connectivity index (χ3v) is 3.57. The van der Waals surface area contributed by atoms with Crippen molar-refractivity contribution in [2.75, 3.05) is 20.6 Å². The minimum atomic E-state index is -0.784. The lowest BCUT2D eigenvalue weighted by atomic mass is 9.92. The Morgan fingerprint density at radius 3 is 2.56 bits per heavy atom. The van der Waals surface area contributed by atoms with E-state index in [1.54, 1.807) is 6.07 Å². The molecular weight excluding hydrogens is 234 g/mol. The van der Waals surface area contributed by atoms with Gasteiger partial charge in [0, 0.05) is 12.1 Å². The Morgan fingerprint density at radius 1 is 1.22 bits per heavy atom. The number of benzene rings is 1. The second-order valence-corrected chi connectivity index (χ2v) is 5.14. The molecule has 0 radical (unpaired) electrons. The molecule has 1 aromatic carbocycles. The first-order valence-electron chi connectivity index (χ1n) is 6.44. The highest BCUT2D eigenvalue weighted by Gasteiger charge is 2.27. The molecule has 0 spiro atoms. The van der Waals surface area contributed by atoms with E-state index in [4.69, 9.17) is 0 Å². The van der Waals surface area contributed by atoms with E-state index in [0.29, 0.717) is 6.04 Å². The third kappa shape index (κ3) is 2.87. The van der Waals surface area contributed by atoms with Gasteiger partial charge in [0.25, 0.3) is 0 Å². The molecule has 1 saturated heterocycles. The van der Waals surface area contributed by atoms with Gasteiger partial charge in [-0.25, -0.2) is 8.78 Å². The maximum atomic E-state index is 13.4. The molecule has 0 aliphatic carbocycles. The predicted octanol–water partition coefficient (Wildman–Crippen LogP) is 2.71. The van der Waals surface area contributed by atoms with Crippen LogP contribution in [0.5, 0.6) is 0 Å². The predicted molar refractivity (Wildman–Crippen MR) is 68.4 cm³/mol. The molecular formula is C14H20F2N2. The SMILES string of the molecule is CN(C)C(c1ccc(F)c(F)c1)C1CCCCN1. The first-order valence-corrected chi connectivity index (χ1v) is 6.44. The number of hydrogen-bond donors (Lipinski definition) is 1. The Balaban J connectivity index is 2.25. The molecule has 4 heteroatoms. The van der Waals surface area contributed by atoms with Gasteiger partial charge in [0.05, 0.1) is 0 Å². The maximum Gasteiger partial charge on any atom is 0.159 e. The number of hydrogen-bond acceptors (Lipinski definition) is 2. The van der Waals surface area contributed by atoms with Crippen molar-refractivity contribution in [1.82, 2.24) is 10.2 Å². The zero-order valence-electron chi connectivity index (χ0n) is 10.9. The minimum absolute atomic E-state index is 0.0837. The van der Waals surface area contributed by atoms with Crippen LogP contribution >= 0.6 is 0 Å². The number of halogens is 2. The Hall–Kier alpha value is -1.00. The van der Waals surface area contributed by atoms with Crippen LogP contribution in [0.2, 0.25) is 0 Å². The zero-order chi connectivity index (χ0) is 13.1. The summed E-state index contributed by atoms with van der Waals surface area (Å²) in [5, 5.41) is 3.48. The quantitative estimate of drug-likeness (QED) is 0.892. The lowest BCUT2D eigenvalue weighted by Crippen LogP contribution is -2.44. The van der Waals surface area contributed by atoms with Gasteiger partial charge < -0.3 is 10.2 Å². The highest BCUT2D eigenvalue weighted by atomic mass is 19.2. The van der Waals surface area contributed by atoms with Crippen LogP contribution in [0, 0.1) is 11.6 Å². The third-order valence-electron chi connectivity index (χ3n) is 3.57. The molecule has 0 bridgehead atoms. The van der Waals surface area contributed by atoms with Crippen LogP contribution in [-0.4, -0.2) is 31.6 Å². The van der Waals surface area contributed by atoms with E-state index in [9.17, 15) is 8.78 Å². The molecule has 1 fully saturated rings. The number of nitrogens with one attached hydrogen (secondary N) is 1. The Morgan fingerprint density at radius 2 is 2.00 bits per heavy atom. The van der Waals surface area contributed by atoms with E-state index >= 15 is 0 Å². The maximum absolute atomic E-state index is 13.4. The summed E-state index contributed by atoms with van der Waals surface area (Å²) in [6.45, 7) is 0.999. The first-order chi connectivity index (χ1) is 8.59. The van der Waals surface area contributed by atoms with Crippen LogP contribution in [0.15, 0.2) is 18.2 Å². The second kappa shape index (κ2) is 5.76. The number of nitrogens with zero attached hydrogens (tertiary/aromatic N) is 1. The second-order valence-electron chi connectivity index (χ2n) is 5.14. The van der Waals surface area contributed by atoms with E-state index in [0.717, 1.165) is 18.5 Å². The van der Waals surface area contributed by atoms with Crippen molar-refractivity contribution in [3.05, 3.63) is 35.4 Å². The molecule has 1 aliphatic heterocycles. The molecule has 2 atom stereocenters. The highest BCUT2D eigenvalue weighted by Crippen LogP contribution is 2.28. The Labute approximate surface area is 107 Å². The standard InChI is InChI=1S/C14H20F2N2/c1-18(2)14(13-5-3-4-8-17-13)10-6-7-11(15)12(16)9-10/h6-7,9,13-14,17H,3-5,8H2,1-2H3. The van der Waals surface area contributed by atoms with Crippen molar-refractivity contribution in [2.24, 2.45) is 0 Å². The van der Waals surface area contributed by atoms with E-state index in [2.05, 4.69) is 10.2 Å². The Bertz CT molecular complexity index is 401. The summed E-state index contributed by atoms with van der Waals surface area (Å²) in [4.78, 5) is 2.07. The van der Waals surface area contributed by atoms with Gasteiger partial charge in [-0.2, -0.15) is 0 Å². The van der Waals surface area contributed by atoms with Crippen LogP contribution in [0.3, 0.4) is 0 Å². The van der Waals surface area contributed by atoms with E-state index in [1.807, 2.05) is 14.1 Å². The molecule has 0 amide bonds. The van der Waals surface area contributed by atoms with Crippen molar-refractivity contribution in [3.63, 3.8) is 0 Å². The van der Waals surface area contributed by atoms with E-state index in [-0.39, 0.29) is 6.04 Å². The Kier molecular flexibility index (Phi) is 4.30. The molecule has 0 saturated carbocycles. The average Bonchev–Trinajstić information content (AvgIpc) is 2.35. The summed E-state index contributed by atoms with van der Waals surface area (Å²) >= 11 is 0. The average molecular weight is 254 g/mol. The summed E-state index contributed by atoms with van der Waals surface area (Å²) in [6.07, 6.45) is 3.45. The molecule has 18 heavy (non-hydrogen) atoms. The fourth-order valence-corrected chi connectivity index (χ4v) is 2.73. The van der Waals surface area contributed by atoms with Gasteiger partial charge in [-0.15, -0.1) is 0 Å². The van der Waals surface area contributed by atoms with Crippen molar-refractivity contribution in [1.29, 1.82) is 0 Å². The lowest BCUT2D eigenvalue weighted by molar-refractivity contribution is 0.204. The topological polar surface area (TPSA) is 15.3 Å². The number of piperidine rings is 1. The molecule has 2 rings (SSSR count). The summed E-state index contributed by atoms with van der Waals surface area (Å²) in [7, 11) is 3.95.